The number of hydrogen-bond donors (Lipinski definition) is 0. The van der Waals surface area contributed by atoms with Crippen LogP contribution < -0.4 is 9.47 Å². The standard InChI is InChI=1S/C18H33NO2.C8H10O2/c1-6-9-15(10-7-2)18(20)21-16-12-11-14(8-3)17(13-16)19(4)5;1-9-7-5-3-4-6-8(7)10-2/h13-15,17H,6-12H2,1-5H3;3-6H,1-2H3. The van der Waals surface area contributed by atoms with Crippen molar-refractivity contribution in [3.8, 4) is 11.5 Å². The molecule has 0 aromatic heterocycles. The molecule has 5 heteroatoms. The van der Waals surface area contributed by atoms with E-state index < -0.39 is 0 Å². The van der Waals surface area contributed by atoms with Gasteiger partial charge in [0.15, 0.2) is 11.5 Å². The number of esters is 1. The first-order chi connectivity index (χ1) is 14.9. The summed E-state index contributed by atoms with van der Waals surface area (Å²) in [5, 5.41) is 0. The van der Waals surface area contributed by atoms with Crippen molar-refractivity contribution < 1.29 is 19.0 Å². The molecule has 31 heavy (non-hydrogen) atoms. The Labute approximate surface area is 189 Å². The summed E-state index contributed by atoms with van der Waals surface area (Å²) >= 11 is 0. The van der Waals surface area contributed by atoms with Crippen molar-refractivity contribution in [1.82, 2.24) is 4.90 Å². The predicted molar refractivity (Wildman–Crippen MR) is 128 cm³/mol. The lowest BCUT2D eigenvalue weighted by Crippen LogP contribution is -2.36. The second-order valence-electron chi connectivity index (χ2n) is 8.34. The molecule has 0 aliphatic heterocycles. The van der Waals surface area contributed by atoms with Crippen molar-refractivity contribution >= 4 is 5.97 Å². The Balaban J connectivity index is 0.000000399. The molecule has 1 aliphatic rings. The average molecular weight is 434 g/mol. The number of ether oxygens (including phenoxy) is 3. The molecule has 0 spiro atoms. The summed E-state index contributed by atoms with van der Waals surface area (Å²) < 4.78 is 15.7. The fourth-order valence-corrected chi connectivity index (χ4v) is 4.09. The molecule has 176 valence electrons. The summed E-state index contributed by atoms with van der Waals surface area (Å²) in [6.07, 6.45) is 9.32. The molecule has 2 unspecified atom stereocenters. The van der Waals surface area contributed by atoms with Gasteiger partial charge in [-0.05, 0) is 57.5 Å². The van der Waals surface area contributed by atoms with Crippen molar-refractivity contribution in [3.63, 3.8) is 0 Å². The number of rotatable bonds is 10. The lowest BCUT2D eigenvalue weighted by atomic mass is 9.86. The Hall–Kier alpha value is -2.01. The first kappa shape index (κ1) is 27.0. The van der Waals surface area contributed by atoms with Gasteiger partial charge < -0.3 is 19.1 Å². The lowest BCUT2D eigenvalue weighted by molar-refractivity contribution is -0.145. The normalized spacial score (nSPS) is 18.2. The topological polar surface area (TPSA) is 48.0 Å². The van der Waals surface area contributed by atoms with E-state index in [2.05, 4.69) is 45.8 Å². The zero-order chi connectivity index (χ0) is 23.2. The highest BCUT2D eigenvalue weighted by molar-refractivity contribution is 5.73. The Kier molecular flexibility index (Phi) is 13.0. The van der Waals surface area contributed by atoms with Crippen LogP contribution in [-0.4, -0.2) is 45.2 Å². The summed E-state index contributed by atoms with van der Waals surface area (Å²) in [5.41, 5.74) is 0. The molecule has 1 aromatic carbocycles. The largest absolute Gasteiger partial charge is 0.493 e. The van der Waals surface area contributed by atoms with Gasteiger partial charge in [0.1, 0.15) is 5.76 Å². The summed E-state index contributed by atoms with van der Waals surface area (Å²) in [7, 11) is 7.45. The van der Waals surface area contributed by atoms with E-state index >= 15 is 0 Å². The third kappa shape index (κ3) is 8.94. The zero-order valence-corrected chi connectivity index (χ0v) is 20.6. The first-order valence-corrected chi connectivity index (χ1v) is 11.7. The predicted octanol–water partition coefficient (Wildman–Crippen LogP) is 6.08. The Bertz CT molecular complexity index is 642. The minimum atomic E-state index is -0.0163. The van der Waals surface area contributed by atoms with E-state index in [1.165, 1.54) is 6.42 Å². The molecular weight excluding hydrogens is 390 g/mol. The van der Waals surface area contributed by atoms with Crippen LogP contribution in [-0.2, 0) is 9.53 Å². The molecule has 2 atom stereocenters. The van der Waals surface area contributed by atoms with Gasteiger partial charge >= 0.3 is 5.97 Å². The molecule has 0 radical (unpaired) electrons. The summed E-state index contributed by atoms with van der Waals surface area (Å²) in [6, 6.07) is 7.92. The molecule has 1 aliphatic carbocycles. The molecule has 2 rings (SSSR count). The molecule has 0 saturated heterocycles. The SMILES string of the molecule is CCCC(CCC)C(=O)OC1=CC(N(C)C)C(CC)CC1.COc1ccccc1OC. The van der Waals surface area contributed by atoms with Gasteiger partial charge in [0.25, 0.3) is 0 Å². The number of carbonyl (C=O) groups excluding carboxylic acids is 1. The van der Waals surface area contributed by atoms with Crippen LogP contribution in [0.15, 0.2) is 36.1 Å². The van der Waals surface area contributed by atoms with Gasteiger partial charge in [-0.15, -0.1) is 0 Å². The summed E-state index contributed by atoms with van der Waals surface area (Å²) in [6.45, 7) is 6.50. The smallest absolute Gasteiger partial charge is 0.313 e. The van der Waals surface area contributed by atoms with Crippen molar-refractivity contribution in [1.29, 1.82) is 0 Å². The molecule has 0 bridgehead atoms. The highest BCUT2D eigenvalue weighted by atomic mass is 16.5. The molecule has 5 nitrogen and oxygen atoms in total. The number of allylic oxidation sites excluding steroid dienone is 1. The maximum atomic E-state index is 12.3. The fraction of sp³-hybridized carbons (Fsp3) is 0.654. The highest BCUT2D eigenvalue weighted by Crippen LogP contribution is 2.30. The molecule has 0 saturated carbocycles. The van der Waals surface area contributed by atoms with Crippen LogP contribution in [0.4, 0.5) is 0 Å². The van der Waals surface area contributed by atoms with E-state index in [1.807, 2.05) is 24.3 Å². The zero-order valence-electron chi connectivity index (χ0n) is 20.6. The molecule has 0 fully saturated rings. The van der Waals surface area contributed by atoms with Gasteiger partial charge in [-0.2, -0.15) is 0 Å². The van der Waals surface area contributed by atoms with Crippen molar-refractivity contribution in [2.75, 3.05) is 28.3 Å². The lowest BCUT2D eigenvalue weighted by Gasteiger charge is -2.33. The summed E-state index contributed by atoms with van der Waals surface area (Å²) in [5.74, 6) is 3.15. The number of para-hydroxylation sites is 2. The van der Waals surface area contributed by atoms with Gasteiger partial charge in [-0.3, -0.25) is 4.79 Å². The van der Waals surface area contributed by atoms with E-state index in [4.69, 9.17) is 14.2 Å². The van der Waals surface area contributed by atoms with E-state index in [0.717, 1.165) is 55.8 Å². The third-order valence-electron chi connectivity index (χ3n) is 5.85. The van der Waals surface area contributed by atoms with E-state index in [9.17, 15) is 4.79 Å². The number of hydrogen-bond acceptors (Lipinski definition) is 5. The van der Waals surface area contributed by atoms with Gasteiger partial charge in [-0.25, -0.2) is 0 Å². The minimum absolute atomic E-state index is 0.0163. The molecule has 0 amide bonds. The number of benzene rings is 1. The minimum Gasteiger partial charge on any atom is -0.493 e. The van der Waals surface area contributed by atoms with Crippen LogP contribution in [0.2, 0.25) is 0 Å². The van der Waals surface area contributed by atoms with E-state index in [1.54, 1.807) is 14.2 Å². The quantitative estimate of drug-likeness (QED) is 0.418. The van der Waals surface area contributed by atoms with Gasteiger partial charge in [0.05, 0.1) is 20.1 Å². The van der Waals surface area contributed by atoms with Crippen LogP contribution in [0, 0.1) is 11.8 Å². The highest BCUT2D eigenvalue weighted by Gasteiger charge is 2.28. The maximum absolute atomic E-state index is 12.3. The van der Waals surface area contributed by atoms with Crippen molar-refractivity contribution in [2.24, 2.45) is 11.8 Å². The monoisotopic (exact) mass is 433 g/mol. The molecular formula is C26H43NO4. The van der Waals surface area contributed by atoms with E-state index in [0.29, 0.717) is 12.0 Å². The van der Waals surface area contributed by atoms with Gasteiger partial charge in [0, 0.05) is 12.5 Å². The van der Waals surface area contributed by atoms with Crippen LogP contribution in [0.25, 0.3) is 0 Å². The number of methoxy groups -OCH3 is 2. The molecule has 0 N–H and O–H groups in total. The number of nitrogens with zero attached hydrogens (tertiary/aromatic N) is 1. The second kappa shape index (κ2) is 14.9. The van der Waals surface area contributed by atoms with Crippen LogP contribution in [0.1, 0.15) is 65.7 Å². The van der Waals surface area contributed by atoms with Crippen molar-refractivity contribution in [2.45, 2.75) is 71.8 Å². The van der Waals surface area contributed by atoms with Crippen LogP contribution in [0.5, 0.6) is 11.5 Å². The average Bonchev–Trinajstić information content (AvgIpc) is 2.79. The fourth-order valence-electron chi connectivity index (χ4n) is 4.09. The third-order valence-corrected chi connectivity index (χ3v) is 5.85. The maximum Gasteiger partial charge on any atom is 0.313 e. The first-order valence-electron chi connectivity index (χ1n) is 11.7. The Morgan fingerprint density at radius 2 is 1.58 bits per heavy atom. The molecule has 1 aromatic rings. The summed E-state index contributed by atoms with van der Waals surface area (Å²) in [4.78, 5) is 14.6. The number of likely N-dealkylation sites (N-methyl/N-ethyl adjacent to an activating group) is 1. The number of carbonyl (C=O) groups is 1. The van der Waals surface area contributed by atoms with Gasteiger partial charge in [-0.1, -0.05) is 52.2 Å². The second-order valence-corrected chi connectivity index (χ2v) is 8.34. The van der Waals surface area contributed by atoms with E-state index in [-0.39, 0.29) is 11.9 Å². The van der Waals surface area contributed by atoms with Crippen LogP contribution in [0.3, 0.4) is 0 Å². The van der Waals surface area contributed by atoms with Crippen LogP contribution >= 0.6 is 0 Å². The Morgan fingerprint density at radius 1 is 1.03 bits per heavy atom. The Morgan fingerprint density at radius 3 is 2.00 bits per heavy atom. The van der Waals surface area contributed by atoms with Gasteiger partial charge in [0.2, 0.25) is 0 Å². The van der Waals surface area contributed by atoms with Crippen molar-refractivity contribution in [3.05, 3.63) is 36.1 Å². The molecule has 0 heterocycles.